The molecular weight excluding hydrogens is 206 g/mol. The highest BCUT2D eigenvalue weighted by Crippen LogP contribution is 2.13. The number of carbonyl (C=O) groups excluding carboxylic acids is 1. The summed E-state index contributed by atoms with van der Waals surface area (Å²) in [6, 6.07) is 9.59. The molecule has 82 valence electrons. The molecule has 1 aromatic carbocycles. The zero-order chi connectivity index (χ0) is 11.4. The van der Waals surface area contributed by atoms with Crippen LogP contribution in [0.1, 0.15) is 0 Å². The lowest BCUT2D eigenvalue weighted by Gasteiger charge is -2.07. The Labute approximate surface area is 92.7 Å². The van der Waals surface area contributed by atoms with E-state index in [1.165, 1.54) is 7.11 Å². The zero-order valence-electron chi connectivity index (χ0n) is 8.75. The first-order valence-electron chi connectivity index (χ1n) is 4.75. The average Bonchev–Trinajstić information content (AvgIpc) is 2.78. The summed E-state index contributed by atoms with van der Waals surface area (Å²) in [6.45, 7) is 0. The van der Waals surface area contributed by atoms with Crippen molar-refractivity contribution >= 4 is 12.0 Å². The molecule has 0 aliphatic rings. The first-order valence-corrected chi connectivity index (χ1v) is 4.75. The van der Waals surface area contributed by atoms with Crippen molar-refractivity contribution in [2.45, 2.75) is 0 Å². The molecule has 2 rings (SSSR count). The van der Waals surface area contributed by atoms with Crippen LogP contribution in [-0.2, 0) is 4.74 Å². The van der Waals surface area contributed by atoms with Crippen molar-refractivity contribution in [3.63, 3.8) is 0 Å². The minimum Gasteiger partial charge on any atom is -0.453 e. The van der Waals surface area contributed by atoms with E-state index in [1.807, 2.05) is 30.3 Å². The van der Waals surface area contributed by atoms with Gasteiger partial charge in [0.05, 0.1) is 7.11 Å². The van der Waals surface area contributed by atoms with E-state index in [0.29, 0.717) is 5.95 Å². The van der Waals surface area contributed by atoms with E-state index in [1.54, 1.807) is 17.0 Å². The molecule has 16 heavy (non-hydrogen) atoms. The van der Waals surface area contributed by atoms with Gasteiger partial charge in [-0.3, -0.25) is 9.88 Å². The number of methoxy groups -OCH3 is 1. The topological polar surface area (TPSA) is 56.1 Å². The van der Waals surface area contributed by atoms with Crippen molar-refractivity contribution in [1.29, 1.82) is 0 Å². The molecule has 1 aromatic heterocycles. The molecule has 0 aliphatic carbocycles. The van der Waals surface area contributed by atoms with Gasteiger partial charge in [-0.05, 0) is 12.1 Å². The third-order valence-corrected chi connectivity index (χ3v) is 2.07. The van der Waals surface area contributed by atoms with Crippen LogP contribution in [0.4, 0.5) is 10.7 Å². The van der Waals surface area contributed by atoms with Crippen LogP contribution >= 0.6 is 0 Å². The molecule has 2 aromatic rings. The van der Waals surface area contributed by atoms with Crippen LogP contribution in [-0.4, -0.2) is 22.8 Å². The predicted octanol–water partition coefficient (Wildman–Crippen LogP) is 2.05. The van der Waals surface area contributed by atoms with Crippen LogP contribution in [0.5, 0.6) is 0 Å². The van der Waals surface area contributed by atoms with Gasteiger partial charge in [0.15, 0.2) is 0 Å². The van der Waals surface area contributed by atoms with Crippen molar-refractivity contribution in [2.24, 2.45) is 0 Å². The van der Waals surface area contributed by atoms with E-state index in [0.717, 1.165) is 5.69 Å². The SMILES string of the molecule is COC(=O)Nc1nccn1-c1ccccc1. The maximum Gasteiger partial charge on any atom is 0.413 e. The number of amides is 1. The van der Waals surface area contributed by atoms with Crippen LogP contribution in [0.3, 0.4) is 0 Å². The van der Waals surface area contributed by atoms with Gasteiger partial charge in [-0.2, -0.15) is 0 Å². The monoisotopic (exact) mass is 217 g/mol. The first kappa shape index (κ1) is 10.2. The summed E-state index contributed by atoms with van der Waals surface area (Å²) in [5, 5.41) is 2.53. The maximum absolute atomic E-state index is 11.1. The number of anilines is 1. The van der Waals surface area contributed by atoms with E-state index in [4.69, 9.17) is 0 Å². The first-order chi connectivity index (χ1) is 7.81. The Morgan fingerprint density at radius 1 is 1.38 bits per heavy atom. The quantitative estimate of drug-likeness (QED) is 0.837. The van der Waals surface area contributed by atoms with E-state index in [2.05, 4.69) is 15.0 Å². The highest BCUT2D eigenvalue weighted by atomic mass is 16.5. The second-order valence-electron chi connectivity index (χ2n) is 3.07. The molecule has 0 bridgehead atoms. The second kappa shape index (κ2) is 4.48. The minimum absolute atomic E-state index is 0.429. The number of ether oxygens (including phenoxy) is 1. The molecule has 0 saturated heterocycles. The largest absolute Gasteiger partial charge is 0.453 e. The lowest BCUT2D eigenvalue weighted by Crippen LogP contribution is -2.14. The van der Waals surface area contributed by atoms with Crippen LogP contribution in [0.15, 0.2) is 42.7 Å². The van der Waals surface area contributed by atoms with Crippen molar-refractivity contribution in [2.75, 3.05) is 12.4 Å². The molecule has 1 N–H and O–H groups in total. The number of carbonyl (C=O) groups is 1. The van der Waals surface area contributed by atoms with Crippen LogP contribution in [0.2, 0.25) is 0 Å². The highest BCUT2D eigenvalue weighted by Gasteiger charge is 2.07. The number of imidazole rings is 1. The van der Waals surface area contributed by atoms with Gasteiger partial charge in [-0.1, -0.05) is 18.2 Å². The van der Waals surface area contributed by atoms with Crippen molar-refractivity contribution in [3.05, 3.63) is 42.7 Å². The van der Waals surface area contributed by atoms with Gasteiger partial charge < -0.3 is 4.74 Å². The number of benzene rings is 1. The number of para-hydroxylation sites is 1. The second-order valence-corrected chi connectivity index (χ2v) is 3.07. The predicted molar refractivity (Wildman–Crippen MR) is 59.6 cm³/mol. The standard InChI is InChI=1S/C11H11N3O2/c1-16-11(15)13-10-12-7-8-14(10)9-5-3-2-4-6-9/h2-8H,1H3,(H,12,13,15). The summed E-state index contributed by atoms with van der Waals surface area (Å²) in [4.78, 5) is 15.1. The molecule has 0 aliphatic heterocycles. The van der Waals surface area contributed by atoms with E-state index >= 15 is 0 Å². The Balaban J connectivity index is 2.29. The van der Waals surface area contributed by atoms with Crippen molar-refractivity contribution < 1.29 is 9.53 Å². The Bertz CT molecular complexity index is 479. The Hall–Kier alpha value is -2.30. The number of nitrogens with zero attached hydrogens (tertiary/aromatic N) is 2. The molecule has 0 atom stereocenters. The van der Waals surface area contributed by atoms with Gasteiger partial charge in [-0.15, -0.1) is 0 Å². The minimum atomic E-state index is -0.539. The highest BCUT2D eigenvalue weighted by molar-refractivity contribution is 5.82. The van der Waals surface area contributed by atoms with E-state index in [9.17, 15) is 4.79 Å². The van der Waals surface area contributed by atoms with Crippen LogP contribution < -0.4 is 5.32 Å². The summed E-state index contributed by atoms with van der Waals surface area (Å²) < 4.78 is 6.27. The van der Waals surface area contributed by atoms with Crippen LogP contribution in [0, 0.1) is 0 Å². The fraction of sp³-hybridized carbons (Fsp3) is 0.0909. The zero-order valence-corrected chi connectivity index (χ0v) is 8.75. The van der Waals surface area contributed by atoms with Crippen LogP contribution in [0.25, 0.3) is 5.69 Å². The number of rotatable bonds is 2. The van der Waals surface area contributed by atoms with Gasteiger partial charge in [0.2, 0.25) is 5.95 Å². The molecule has 5 heteroatoms. The summed E-state index contributed by atoms with van der Waals surface area (Å²) in [6.07, 6.45) is 2.84. The normalized spacial score (nSPS) is 9.81. The lowest BCUT2D eigenvalue weighted by molar-refractivity contribution is 0.186. The summed E-state index contributed by atoms with van der Waals surface area (Å²) >= 11 is 0. The molecule has 0 unspecified atom stereocenters. The number of hydrogen-bond donors (Lipinski definition) is 1. The Morgan fingerprint density at radius 2 is 2.12 bits per heavy atom. The van der Waals surface area contributed by atoms with E-state index in [-0.39, 0.29) is 0 Å². The third-order valence-electron chi connectivity index (χ3n) is 2.07. The molecule has 1 amide bonds. The van der Waals surface area contributed by atoms with Crippen molar-refractivity contribution in [3.8, 4) is 5.69 Å². The third kappa shape index (κ3) is 2.03. The molecule has 0 saturated carbocycles. The maximum atomic E-state index is 11.1. The van der Waals surface area contributed by atoms with Gasteiger partial charge in [0.1, 0.15) is 0 Å². The van der Waals surface area contributed by atoms with Gasteiger partial charge in [0, 0.05) is 18.1 Å². The summed E-state index contributed by atoms with van der Waals surface area (Å²) in [5.74, 6) is 0.429. The lowest BCUT2D eigenvalue weighted by atomic mass is 10.3. The number of nitrogens with one attached hydrogen (secondary N) is 1. The van der Waals surface area contributed by atoms with Gasteiger partial charge >= 0.3 is 6.09 Å². The summed E-state index contributed by atoms with van der Waals surface area (Å²) in [7, 11) is 1.31. The Kier molecular flexibility index (Phi) is 2.86. The molecule has 0 fully saturated rings. The molecule has 5 nitrogen and oxygen atoms in total. The van der Waals surface area contributed by atoms with Gasteiger partial charge in [-0.25, -0.2) is 9.78 Å². The average molecular weight is 217 g/mol. The molecule has 1 heterocycles. The molecule has 0 spiro atoms. The number of aromatic nitrogens is 2. The van der Waals surface area contributed by atoms with Gasteiger partial charge in [0.25, 0.3) is 0 Å². The molecular formula is C11H11N3O2. The fourth-order valence-electron chi connectivity index (χ4n) is 1.34. The van der Waals surface area contributed by atoms with Crippen molar-refractivity contribution in [1.82, 2.24) is 9.55 Å². The fourth-order valence-corrected chi connectivity index (χ4v) is 1.34. The smallest absolute Gasteiger partial charge is 0.413 e. The summed E-state index contributed by atoms with van der Waals surface area (Å²) in [5.41, 5.74) is 0.923. The Morgan fingerprint density at radius 3 is 2.81 bits per heavy atom. The number of hydrogen-bond acceptors (Lipinski definition) is 3. The van der Waals surface area contributed by atoms with E-state index < -0.39 is 6.09 Å². The molecule has 0 radical (unpaired) electrons.